The number of thioether (sulfide) groups is 1. The Hall–Kier alpha value is -1.26. The Labute approximate surface area is 112 Å². The zero-order valence-electron chi connectivity index (χ0n) is 10.3. The minimum absolute atomic E-state index is 0.0394. The number of hydrogen-bond donors (Lipinski definition) is 2. The number of anilines is 1. The third-order valence-electron chi connectivity index (χ3n) is 2.88. The van der Waals surface area contributed by atoms with Crippen LogP contribution in [0.25, 0.3) is 0 Å². The van der Waals surface area contributed by atoms with Crippen LogP contribution in [0.5, 0.6) is 0 Å². The van der Waals surface area contributed by atoms with Crippen molar-refractivity contribution in [1.29, 1.82) is 0 Å². The Bertz CT molecular complexity index is 428. The summed E-state index contributed by atoms with van der Waals surface area (Å²) in [5.74, 6) is 0.910. The van der Waals surface area contributed by atoms with Crippen molar-refractivity contribution >= 4 is 23.4 Å². The van der Waals surface area contributed by atoms with E-state index in [4.69, 9.17) is 0 Å². The van der Waals surface area contributed by atoms with E-state index in [2.05, 4.69) is 17.2 Å². The summed E-state index contributed by atoms with van der Waals surface area (Å²) in [5.41, 5.74) is 0.892. The summed E-state index contributed by atoms with van der Waals surface area (Å²) in [7, 11) is 0. The average molecular weight is 262 g/mol. The van der Waals surface area contributed by atoms with Crippen LogP contribution in [0.1, 0.15) is 12.8 Å². The van der Waals surface area contributed by atoms with Gasteiger partial charge in [0, 0.05) is 10.6 Å². The molecule has 3 nitrogen and oxygen atoms in total. The van der Waals surface area contributed by atoms with Gasteiger partial charge in [-0.1, -0.05) is 18.2 Å². The van der Waals surface area contributed by atoms with Gasteiger partial charge in [-0.25, -0.2) is 0 Å². The molecule has 2 rings (SSSR count). The molecule has 2 N–H and O–H groups in total. The van der Waals surface area contributed by atoms with E-state index in [0.717, 1.165) is 35.7 Å². The second-order valence-corrected chi connectivity index (χ2v) is 5.30. The van der Waals surface area contributed by atoms with Gasteiger partial charge in [0.1, 0.15) is 0 Å². The highest BCUT2D eigenvalue weighted by Crippen LogP contribution is 2.27. The van der Waals surface area contributed by atoms with Gasteiger partial charge in [0.25, 0.3) is 0 Å². The van der Waals surface area contributed by atoms with Crippen LogP contribution in [-0.2, 0) is 4.79 Å². The van der Waals surface area contributed by atoms with Crippen molar-refractivity contribution in [3.63, 3.8) is 0 Å². The monoisotopic (exact) mass is 262 g/mol. The van der Waals surface area contributed by atoms with Gasteiger partial charge in [-0.2, -0.15) is 0 Å². The number of para-hydroxylation sites is 1. The smallest absolute Gasteiger partial charge is 0.241 e. The fourth-order valence-electron chi connectivity index (χ4n) is 1.97. The lowest BCUT2D eigenvalue weighted by Crippen LogP contribution is -2.35. The third-order valence-corrected chi connectivity index (χ3v) is 3.95. The molecule has 0 radical (unpaired) electrons. The Balaban J connectivity index is 2.03. The van der Waals surface area contributed by atoms with E-state index in [1.165, 1.54) is 0 Å². The molecule has 0 spiro atoms. The zero-order chi connectivity index (χ0) is 12.8. The standard InChI is InChI=1S/C14H18N2OS/c1-2-10-18-13-8-4-3-6-11(13)16-14(17)12-7-5-9-15-12/h2-4,6,8,12,15H,1,5,7,9-10H2,(H,16,17)/t12-/m0/s1. The van der Waals surface area contributed by atoms with Crippen LogP contribution in [0.15, 0.2) is 41.8 Å². The van der Waals surface area contributed by atoms with Crippen molar-refractivity contribution in [3.05, 3.63) is 36.9 Å². The van der Waals surface area contributed by atoms with E-state index in [0.29, 0.717) is 0 Å². The van der Waals surface area contributed by atoms with Crippen molar-refractivity contribution in [2.45, 2.75) is 23.8 Å². The molecular weight excluding hydrogens is 244 g/mol. The fourth-order valence-corrected chi connectivity index (χ4v) is 2.72. The third kappa shape index (κ3) is 3.37. The van der Waals surface area contributed by atoms with Crippen LogP contribution in [0.3, 0.4) is 0 Å². The molecule has 1 atom stereocenters. The fraction of sp³-hybridized carbons (Fsp3) is 0.357. The maximum absolute atomic E-state index is 12.0. The van der Waals surface area contributed by atoms with Gasteiger partial charge in [0.15, 0.2) is 0 Å². The number of benzene rings is 1. The van der Waals surface area contributed by atoms with Gasteiger partial charge in [-0.15, -0.1) is 18.3 Å². The second kappa shape index (κ2) is 6.61. The molecule has 0 unspecified atom stereocenters. The molecular formula is C14H18N2OS. The average Bonchev–Trinajstić information content (AvgIpc) is 2.91. The number of carbonyl (C=O) groups excluding carboxylic acids is 1. The van der Waals surface area contributed by atoms with Crippen LogP contribution in [-0.4, -0.2) is 24.2 Å². The Morgan fingerprint density at radius 3 is 3.11 bits per heavy atom. The van der Waals surface area contributed by atoms with E-state index in [1.807, 2.05) is 30.3 Å². The highest BCUT2D eigenvalue weighted by Gasteiger charge is 2.22. The zero-order valence-corrected chi connectivity index (χ0v) is 11.1. The van der Waals surface area contributed by atoms with E-state index in [1.54, 1.807) is 11.8 Å². The molecule has 1 aliphatic heterocycles. The lowest BCUT2D eigenvalue weighted by molar-refractivity contribution is -0.117. The summed E-state index contributed by atoms with van der Waals surface area (Å²) in [5, 5.41) is 6.21. The molecule has 1 aromatic carbocycles. The summed E-state index contributed by atoms with van der Waals surface area (Å²) < 4.78 is 0. The van der Waals surface area contributed by atoms with Crippen LogP contribution in [0.2, 0.25) is 0 Å². The van der Waals surface area contributed by atoms with Crippen LogP contribution in [0.4, 0.5) is 5.69 Å². The predicted molar refractivity (Wildman–Crippen MR) is 77.0 cm³/mol. The Morgan fingerprint density at radius 1 is 1.56 bits per heavy atom. The first-order chi connectivity index (χ1) is 8.81. The quantitative estimate of drug-likeness (QED) is 0.633. The maximum Gasteiger partial charge on any atom is 0.241 e. The number of rotatable bonds is 5. The Morgan fingerprint density at radius 2 is 2.39 bits per heavy atom. The summed E-state index contributed by atoms with van der Waals surface area (Å²) in [4.78, 5) is 13.1. The molecule has 1 amide bonds. The van der Waals surface area contributed by atoms with Gasteiger partial charge in [0.05, 0.1) is 11.7 Å². The molecule has 0 aromatic heterocycles. The summed E-state index contributed by atoms with van der Waals surface area (Å²) in [6, 6.07) is 7.84. The lowest BCUT2D eigenvalue weighted by atomic mass is 10.2. The molecule has 0 aliphatic carbocycles. The van der Waals surface area contributed by atoms with E-state index in [9.17, 15) is 4.79 Å². The lowest BCUT2D eigenvalue weighted by Gasteiger charge is -2.13. The van der Waals surface area contributed by atoms with Gasteiger partial charge >= 0.3 is 0 Å². The minimum atomic E-state index is -0.0394. The van der Waals surface area contributed by atoms with Gasteiger partial charge in [-0.05, 0) is 31.5 Å². The summed E-state index contributed by atoms with van der Waals surface area (Å²) in [6.45, 7) is 4.65. The first-order valence-electron chi connectivity index (χ1n) is 6.18. The van der Waals surface area contributed by atoms with E-state index < -0.39 is 0 Å². The normalized spacial score (nSPS) is 18.6. The number of carbonyl (C=O) groups is 1. The van der Waals surface area contributed by atoms with Gasteiger partial charge in [-0.3, -0.25) is 4.79 Å². The minimum Gasteiger partial charge on any atom is -0.324 e. The van der Waals surface area contributed by atoms with Crippen molar-refractivity contribution < 1.29 is 4.79 Å². The van der Waals surface area contributed by atoms with Crippen LogP contribution in [0, 0.1) is 0 Å². The number of nitrogens with one attached hydrogen (secondary N) is 2. The van der Waals surface area contributed by atoms with Crippen molar-refractivity contribution in [3.8, 4) is 0 Å². The molecule has 1 fully saturated rings. The number of hydrogen-bond acceptors (Lipinski definition) is 3. The molecule has 1 aliphatic rings. The first-order valence-corrected chi connectivity index (χ1v) is 7.17. The first kappa shape index (κ1) is 13.2. The molecule has 1 aromatic rings. The molecule has 4 heteroatoms. The molecule has 0 bridgehead atoms. The molecule has 1 heterocycles. The predicted octanol–water partition coefficient (Wildman–Crippen LogP) is 2.66. The molecule has 96 valence electrons. The van der Waals surface area contributed by atoms with E-state index >= 15 is 0 Å². The highest BCUT2D eigenvalue weighted by atomic mass is 32.2. The topological polar surface area (TPSA) is 41.1 Å². The maximum atomic E-state index is 12.0. The molecule has 0 saturated carbocycles. The molecule has 18 heavy (non-hydrogen) atoms. The van der Waals surface area contributed by atoms with Crippen molar-refractivity contribution in [1.82, 2.24) is 5.32 Å². The van der Waals surface area contributed by atoms with Gasteiger partial charge < -0.3 is 10.6 Å². The second-order valence-electron chi connectivity index (χ2n) is 4.23. The van der Waals surface area contributed by atoms with Crippen molar-refractivity contribution in [2.24, 2.45) is 0 Å². The Kier molecular flexibility index (Phi) is 4.84. The SMILES string of the molecule is C=CCSc1ccccc1NC(=O)[C@@H]1CCCN1. The molecule has 1 saturated heterocycles. The largest absolute Gasteiger partial charge is 0.324 e. The van der Waals surface area contributed by atoms with E-state index in [-0.39, 0.29) is 11.9 Å². The van der Waals surface area contributed by atoms with Crippen LogP contribution >= 0.6 is 11.8 Å². The van der Waals surface area contributed by atoms with Crippen LogP contribution < -0.4 is 10.6 Å². The highest BCUT2D eigenvalue weighted by molar-refractivity contribution is 7.99. The summed E-state index contributed by atoms with van der Waals surface area (Å²) in [6.07, 6.45) is 3.86. The number of amides is 1. The van der Waals surface area contributed by atoms with Crippen molar-refractivity contribution in [2.75, 3.05) is 17.6 Å². The van der Waals surface area contributed by atoms with Gasteiger partial charge in [0.2, 0.25) is 5.91 Å². The summed E-state index contributed by atoms with van der Waals surface area (Å²) >= 11 is 1.68.